The van der Waals surface area contributed by atoms with E-state index < -0.39 is 0 Å². The van der Waals surface area contributed by atoms with E-state index in [-0.39, 0.29) is 5.56 Å². The molecule has 1 N–H and O–H groups in total. The Hall–Kier alpha value is -2.69. The van der Waals surface area contributed by atoms with Gasteiger partial charge < -0.3 is 4.98 Å². The molecule has 23 heavy (non-hydrogen) atoms. The Morgan fingerprint density at radius 1 is 1.17 bits per heavy atom. The van der Waals surface area contributed by atoms with E-state index in [0.29, 0.717) is 17.4 Å². The second kappa shape index (κ2) is 6.20. The molecule has 118 valence electrons. The van der Waals surface area contributed by atoms with Crippen LogP contribution in [0.1, 0.15) is 25.2 Å². The van der Waals surface area contributed by atoms with Crippen LogP contribution in [0.2, 0.25) is 0 Å². The Bertz CT molecular complexity index is 876. The lowest BCUT2D eigenvalue weighted by Gasteiger charge is -2.06. The number of nitrogens with zero attached hydrogens (tertiary/aromatic N) is 3. The zero-order chi connectivity index (χ0) is 16.4. The van der Waals surface area contributed by atoms with Gasteiger partial charge in [-0.2, -0.15) is 5.10 Å². The standard InChI is InChI=1S/C18H20N4O/c1-12(2)10-16-20-18(15-8-5-9-17(23)19-15)22(21-16)14-7-4-6-13(3)11-14/h4-9,11-12H,10H2,1-3H3,(H,19,23). The van der Waals surface area contributed by atoms with E-state index in [0.717, 1.165) is 23.5 Å². The van der Waals surface area contributed by atoms with Crippen LogP contribution in [0.3, 0.4) is 0 Å². The number of aromatic amines is 1. The topological polar surface area (TPSA) is 63.6 Å². The molecule has 0 atom stereocenters. The summed E-state index contributed by atoms with van der Waals surface area (Å²) in [6.45, 7) is 6.31. The second-order valence-electron chi connectivity index (χ2n) is 6.13. The molecule has 0 aliphatic heterocycles. The van der Waals surface area contributed by atoms with Crippen molar-refractivity contribution in [3.05, 3.63) is 64.2 Å². The van der Waals surface area contributed by atoms with Crippen LogP contribution < -0.4 is 5.56 Å². The van der Waals surface area contributed by atoms with Crippen molar-refractivity contribution in [1.82, 2.24) is 19.7 Å². The van der Waals surface area contributed by atoms with E-state index in [1.807, 2.05) is 31.2 Å². The van der Waals surface area contributed by atoms with Crippen LogP contribution in [0.15, 0.2) is 47.3 Å². The lowest BCUT2D eigenvalue weighted by molar-refractivity contribution is 0.618. The van der Waals surface area contributed by atoms with E-state index in [4.69, 9.17) is 0 Å². The van der Waals surface area contributed by atoms with Crippen molar-refractivity contribution in [1.29, 1.82) is 0 Å². The summed E-state index contributed by atoms with van der Waals surface area (Å²) in [5.74, 6) is 1.90. The molecule has 0 spiro atoms. The monoisotopic (exact) mass is 308 g/mol. The molecule has 0 aliphatic carbocycles. The average Bonchev–Trinajstić information content (AvgIpc) is 2.90. The van der Waals surface area contributed by atoms with Gasteiger partial charge in [-0.25, -0.2) is 9.67 Å². The molecule has 0 amide bonds. The molecule has 0 bridgehead atoms. The third-order valence-corrected chi connectivity index (χ3v) is 3.50. The van der Waals surface area contributed by atoms with Gasteiger partial charge in [0.15, 0.2) is 11.6 Å². The summed E-state index contributed by atoms with van der Waals surface area (Å²) < 4.78 is 1.80. The highest BCUT2D eigenvalue weighted by molar-refractivity contribution is 5.53. The zero-order valence-corrected chi connectivity index (χ0v) is 13.6. The minimum Gasteiger partial charge on any atom is -0.319 e. The molecule has 0 unspecified atom stereocenters. The highest BCUT2D eigenvalue weighted by Gasteiger charge is 2.15. The maximum absolute atomic E-state index is 11.6. The van der Waals surface area contributed by atoms with Gasteiger partial charge in [0.05, 0.1) is 11.4 Å². The maximum atomic E-state index is 11.6. The van der Waals surface area contributed by atoms with Gasteiger partial charge in [-0.15, -0.1) is 0 Å². The fourth-order valence-electron chi connectivity index (χ4n) is 2.50. The van der Waals surface area contributed by atoms with E-state index >= 15 is 0 Å². The lowest BCUT2D eigenvalue weighted by Crippen LogP contribution is -2.07. The first-order valence-corrected chi connectivity index (χ1v) is 7.75. The first-order chi connectivity index (χ1) is 11.0. The third-order valence-electron chi connectivity index (χ3n) is 3.50. The SMILES string of the molecule is Cc1cccc(-n2nc(CC(C)C)nc2-c2cccc(=O)[nH]2)c1. The molecule has 3 rings (SSSR count). The van der Waals surface area contributed by atoms with E-state index in [2.05, 4.69) is 35.0 Å². The number of aryl methyl sites for hydroxylation is 1. The molecule has 2 heterocycles. The van der Waals surface area contributed by atoms with Gasteiger partial charge >= 0.3 is 0 Å². The molecule has 2 aromatic heterocycles. The normalized spacial score (nSPS) is 11.1. The van der Waals surface area contributed by atoms with Crippen molar-refractivity contribution < 1.29 is 0 Å². The summed E-state index contributed by atoms with van der Waals surface area (Å²) in [6, 6.07) is 13.1. The first-order valence-electron chi connectivity index (χ1n) is 7.75. The summed E-state index contributed by atoms with van der Waals surface area (Å²) >= 11 is 0. The summed E-state index contributed by atoms with van der Waals surface area (Å²) in [5.41, 5.74) is 2.61. The Balaban J connectivity index is 2.16. The van der Waals surface area contributed by atoms with Crippen molar-refractivity contribution in [2.24, 2.45) is 5.92 Å². The predicted octanol–water partition coefficient (Wildman–Crippen LogP) is 3.13. The average molecular weight is 308 g/mol. The first kappa shape index (κ1) is 15.2. The fraction of sp³-hybridized carbons (Fsp3) is 0.278. The number of aromatic nitrogens is 4. The lowest BCUT2D eigenvalue weighted by atomic mass is 10.1. The Kier molecular flexibility index (Phi) is 4.10. The minimum absolute atomic E-state index is 0.147. The van der Waals surface area contributed by atoms with Crippen LogP contribution >= 0.6 is 0 Å². The van der Waals surface area contributed by atoms with Gasteiger partial charge in [0.1, 0.15) is 0 Å². The quantitative estimate of drug-likeness (QED) is 0.805. The van der Waals surface area contributed by atoms with E-state index in [9.17, 15) is 4.79 Å². The van der Waals surface area contributed by atoms with Crippen molar-refractivity contribution in [2.45, 2.75) is 27.2 Å². The number of rotatable bonds is 4. The predicted molar refractivity (Wildman–Crippen MR) is 90.7 cm³/mol. The summed E-state index contributed by atoms with van der Waals surface area (Å²) in [7, 11) is 0. The molecule has 5 heteroatoms. The second-order valence-corrected chi connectivity index (χ2v) is 6.13. The van der Waals surface area contributed by atoms with Crippen LogP contribution in [-0.4, -0.2) is 19.7 Å². The van der Waals surface area contributed by atoms with E-state index in [1.165, 1.54) is 6.07 Å². The van der Waals surface area contributed by atoms with Crippen molar-refractivity contribution >= 4 is 0 Å². The van der Waals surface area contributed by atoms with Crippen LogP contribution in [0.4, 0.5) is 0 Å². The van der Waals surface area contributed by atoms with Gasteiger partial charge in [0.2, 0.25) is 5.56 Å². The zero-order valence-electron chi connectivity index (χ0n) is 13.6. The van der Waals surface area contributed by atoms with Crippen molar-refractivity contribution in [3.8, 4) is 17.2 Å². The molecule has 3 aromatic rings. The fourth-order valence-corrected chi connectivity index (χ4v) is 2.50. The number of hydrogen-bond donors (Lipinski definition) is 1. The van der Waals surface area contributed by atoms with Crippen LogP contribution in [-0.2, 0) is 6.42 Å². The summed E-state index contributed by atoms with van der Waals surface area (Å²) in [4.78, 5) is 19.1. The molecule has 5 nitrogen and oxygen atoms in total. The van der Waals surface area contributed by atoms with Crippen LogP contribution in [0, 0.1) is 12.8 Å². The van der Waals surface area contributed by atoms with Crippen molar-refractivity contribution in [2.75, 3.05) is 0 Å². The number of H-pyrrole nitrogens is 1. The van der Waals surface area contributed by atoms with Crippen LogP contribution in [0.25, 0.3) is 17.2 Å². The minimum atomic E-state index is -0.147. The van der Waals surface area contributed by atoms with Gasteiger partial charge in [-0.3, -0.25) is 4.79 Å². The molecule has 0 saturated heterocycles. The maximum Gasteiger partial charge on any atom is 0.248 e. The molecular formula is C18H20N4O. The molecular weight excluding hydrogens is 288 g/mol. The smallest absolute Gasteiger partial charge is 0.248 e. The summed E-state index contributed by atoms with van der Waals surface area (Å²) in [5, 5.41) is 4.65. The Labute approximate surface area is 135 Å². The highest BCUT2D eigenvalue weighted by atomic mass is 16.1. The van der Waals surface area contributed by atoms with Gasteiger partial charge in [-0.05, 0) is 36.6 Å². The van der Waals surface area contributed by atoms with Gasteiger partial charge in [-0.1, -0.05) is 32.0 Å². The Morgan fingerprint density at radius 3 is 2.65 bits per heavy atom. The van der Waals surface area contributed by atoms with E-state index in [1.54, 1.807) is 10.7 Å². The summed E-state index contributed by atoms with van der Waals surface area (Å²) in [6.07, 6.45) is 0.795. The largest absolute Gasteiger partial charge is 0.319 e. The molecule has 0 fully saturated rings. The van der Waals surface area contributed by atoms with Crippen LogP contribution in [0.5, 0.6) is 0 Å². The molecule has 0 saturated carbocycles. The number of benzene rings is 1. The number of pyridine rings is 1. The third kappa shape index (κ3) is 3.39. The molecule has 0 aliphatic rings. The number of nitrogens with one attached hydrogen (secondary N) is 1. The molecule has 1 aromatic carbocycles. The molecule has 0 radical (unpaired) electrons. The van der Waals surface area contributed by atoms with Gasteiger partial charge in [0.25, 0.3) is 0 Å². The highest BCUT2D eigenvalue weighted by Crippen LogP contribution is 2.20. The van der Waals surface area contributed by atoms with Gasteiger partial charge in [0, 0.05) is 12.5 Å². The van der Waals surface area contributed by atoms with Crippen molar-refractivity contribution in [3.63, 3.8) is 0 Å². The Morgan fingerprint density at radius 2 is 1.96 bits per heavy atom. The number of hydrogen-bond acceptors (Lipinski definition) is 3.